The van der Waals surface area contributed by atoms with Crippen LogP contribution in [0.2, 0.25) is 0 Å². The molecule has 1 fully saturated rings. The quantitative estimate of drug-likeness (QED) is 0.675. The van der Waals surface area contributed by atoms with Crippen LogP contribution in [-0.2, 0) is 13.1 Å². The Morgan fingerprint density at radius 1 is 1.11 bits per heavy atom. The van der Waals surface area contributed by atoms with Gasteiger partial charge in [0.2, 0.25) is 0 Å². The predicted octanol–water partition coefficient (Wildman–Crippen LogP) is 3.59. The van der Waals surface area contributed by atoms with Gasteiger partial charge in [-0.2, -0.15) is 0 Å². The smallest absolute Gasteiger partial charge is 0.161 e. The number of likely N-dealkylation sites (N-methyl/N-ethyl adjacent to an activating group) is 1. The van der Waals surface area contributed by atoms with Crippen LogP contribution < -0.4 is 9.47 Å². The van der Waals surface area contributed by atoms with Crippen molar-refractivity contribution in [3.63, 3.8) is 0 Å². The number of rotatable bonds is 9. The van der Waals surface area contributed by atoms with E-state index < -0.39 is 0 Å². The van der Waals surface area contributed by atoms with Gasteiger partial charge in [-0.05, 0) is 55.8 Å². The van der Waals surface area contributed by atoms with E-state index in [2.05, 4.69) is 46.0 Å². The highest BCUT2D eigenvalue weighted by molar-refractivity contribution is 5.42. The minimum Gasteiger partial charge on any atom is -0.493 e. The molecule has 0 saturated carbocycles. The molecule has 146 valence electrons. The number of hydrogen-bond donors (Lipinski definition) is 0. The fourth-order valence-corrected chi connectivity index (χ4v) is 3.96. The Kier molecular flexibility index (Phi) is 7.07. The van der Waals surface area contributed by atoms with Gasteiger partial charge in [0.25, 0.3) is 0 Å². The first-order valence-electron chi connectivity index (χ1n) is 9.80. The number of aromatic nitrogens is 1. The molecule has 1 aromatic carbocycles. The molecule has 1 atom stereocenters. The van der Waals surface area contributed by atoms with Crippen molar-refractivity contribution in [3.05, 3.63) is 53.9 Å². The van der Waals surface area contributed by atoms with Crippen molar-refractivity contribution in [1.29, 1.82) is 0 Å². The summed E-state index contributed by atoms with van der Waals surface area (Å²) in [5.41, 5.74) is 2.34. The molecular formula is C22H31N3O2. The summed E-state index contributed by atoms with van der Waals surface area (Å²) in [5, 5.41) is 0. The lowest BCUT2D eigenvalue weighted by Crippen LogP contribution is -2.39. The van der Waals surface area contributed by atoms with Gasteiger partial charge < -0.3 is 9.47 Å². The van der Waals surface area contributed by atoms with Crippen molar-refractivity contribution < 1.29 is 9.47 Å². The predicted molar refractivity (Wildman–Crippen MR) is 108 cm³/mol. The average molecular weight is 370 g/mol. The van der Waals surface area contributed by atoms with Gasteiger partial charge in [-0.1, -0.05) is 19.1 Å². The lowest BCUT2D eigenvalue weighted by Gasteiger charge is -2.30. The maximum Gasteiger partial charge on any atom is 0.161 e. The highest BCUT2D eigenvalue weighted by Gasteiger charge is 2.25. The third kappa shape index (κ3) is 5.21. The summed E-state index contributed by atoms with van der Waals surface area (Å²) in [4.78, 5) is 9.63. The fraction of sp³-hybridized carbons (Fsp3) is 0.500. The van der Waals surface area contributed by atoms with Crippen molar-refractivity contribution in [3.8, 4) is 11.5 Å². The minimum absolute atomic E-state index is 0.624. The van der Waals surface area contributed by atoms with Crippen LogP contribution in [0.25, 0.3) is 0 Å². The number of benzene rings is 1. The zero-order valence-corrected chi connectivity index (χ0v) is 16.7. The van der Waals surface area contributed by atoms with Crippen molar-refractivity contribution in [2.75, 3.05) is 33.9 Å². The molecule has 0 amide bonds. The molecular weight excluding hydrogens is 338 g/mol. The molecule has 1 aromatic heterocycles. The normalized spacial score (nSPS) is 17.4. The monoisotopic (exact) mass is 369 g/mol. The zero-order valence-electron chi connectivity index (χ0n) is 16.7. The van der Waals surface area contributed by atoms with Crippen LogP contribution in [0.4, 0.5) is 0 Å². The van der Waals surface area contributed by atoms with Crippen LogP contribution in [-0.4, -0.2) is 54.7 Å². The molecule has 1 saturated heterocycles. The number of hydrogen-bond acceptors (Lipinski definition) is 5. The summed E-state index contributed by atoms with van der Waals surface area (Å²) >= 11 is 0. The van der Waals surface area contributed by atoms with Crippen molar-refractivity contribution in [2.45, 2.75) is 38.9 Å². The Morgan fingerprint density at radius 2 is 1.96 bits per heavy atom. The van der Waals surface area contributed by atoms with Crippen molar-refractivity contribution >= 4 is 0 Å². The van der Waals surface area contributed by atoms with E-state index in [1.807, 2.05) is 18.3 Å². The van der Waals surface area contributed by atoms with E-state index in [0.717, 1.165) is 43.4 Å². The largest absolute Gasteiger partial charge is 0.493 e. The van der Waals surface area contributed by atoms with E-state index in [1.54, 1.807) is 14.2 Å². The second-order valence-corrected chi connectivity index (χ2v) is 7.10. The molecule has 0 N–H and O–H groups in total. The van der Waals surface area contributed by atoms with Gasteiger partial charge >= 0.3 is 0 Å². The van der Waals surface area contributed by atoms with Gasteiger partial charge in [-0.25, -0.2) is 0 Å². The molecule has 0 radical (unpaired) electrons. The topological polar surface area (TPSA) is 37.8 Å². The van der Waals surface area contributed by atoms with Gasteiger partial charge in [-0.3, -0.25) is 14.8 Å². The molecule has 5 nitrogen and oxygen atoms in total. The first-order chi connectivity index (χ1) is 13.2. The van der Waals surface area contributed by atoms with Crippen LogP contribution in [0.3, 0.4) is 0 Å². The van der Waals surface area contributed by atoms with Gasteiger partial charge in [0.15, 0.2) is 11.5 Å². The van der Waals surface area contributed by atoms with E-state index in [0.29, 0.717) is 6.04 Å². The second kappa shape index (κ2) is 9.72. The van der Waals surface area contributed by atoms with E-state index in [-0.39, 0.29) is 0 Å². The molecule has 2 heterocycles. The highest BCUT2D eigenvalue weighted by Crippen LogP contribution is 2.28. The Balaban J connectivity index is 1.76. The Hall–Kier alpha value is -2.11. The average Bonchev–Trinajstić information content (AvgIpc) is 3.15. The van der Waals surface area contributed by atoms with Crippen LogP contribution >= 0.6 is 0 Å². The lowest BCUT2D eigenvalue weighted by molar-refractivity contribution is 0.164. The third-order valence-corrected chi connectivity index (χ3v) is 5.34. The van der Waals surface area contributed by atoms with Crippen molar-refractivity contribution in [1.82, 2.24) is 14.8 Å². The summed E-state index contributed by atoms with van der Waals surface area (Å²) in [7, 11) is 3.36. The van der Waals surface area contributed by atoms with E-state index in [1.165, 1.54) is 24.9 Å². The minimum atomic E-state index is 0.624. The molecule has 3 rings (SSSR count). The number of methoxy groups -OCH3 is 2. The summed E-state index contributed by atoms with van der Waals surface area (Å²) < 4.78 is 10.9. The summed E-state index contributed by atoms with van der Waals surface area (Å²) in [6, 6.07) is 13.0. The Morgan fingerprint density at radius 3 is 2.67 bits per heavy atom. The number of pyridine rings is 1. The SMILES string of the molecule is CCN1CCC[C@H]1CN(Cc1ccc(OC)c(OC)c1)Cc1ccccn1. The molecule has 2 aromatic rings. The Labute approximate surface area is 162 Å². The standard InChI is InChI=1S/C22H31N3O2/c1-4-25-13-7-9-20(25)17-24(16-19-8-5-6-12-23-19)15-18-10-11-21(26-2)22(14-18)27-3/h5-6,8,10-12,14,20H,4,7,9,13,15-17H2,1-3H3/t20-/m0/s1. The molecule has 0 bridgehead atoms. The summed E-state index contributed by atoms with van der Waals surface area (Å²) in [5.74, 6) is 1.55. The van der Waals surface area contributed by atoms with Crippen LogP contribution in [0, 0.1) is 0 Å². The number of nitrogens with zero attached hydrogens (tertiary/aromatic N) is 3. The molecule has 1 aliphatic rings. The van der Waals surface area contributed by atoms with E-state index in [9.17, 15) is 0 Å². The Bertz CT molecular complexity index is 708. The van der Waals surface area contributed by atoms with E-state index >= 15 is 0 Å². The maximum absolute atomic E-state index is 5.48. The van der Waals surface area contributed by atoms with Gasteiger partial charge in [0.05, 0.1) is 19.9 Å². The zero-order chi connectivity index (χ0) is 19.1. The molecule has 5 heteroatoms. The van der Waals surface area contributed by atoms with Crippen molar-refractivity contribution in [2.24, 2.45) is 0 Å². The van der Waals surface area contributed by atoms with Crippen LogP contribution in [0.1, 0.15) is 31.0 Å². The molecule has 0 aliphatic carbocycles. The number of ether oxygens (including phenoxy) is 2. The fourth-order valence-electron chi connectivity index (χ4n) is 3.96. The van der Waals surface area contributed by atoms with Crippen LogP contribution in [0.5, 0.6) is 11.5 Å². The van der Waals surface area contributed by atoms with Crippen LogP contribution in [0.15, 0.2) is 42.6 Å². The first kappa shape index (κ1) is 19.6. The van der Waals surface area contributed by atoms with Gasteiger partial charge in [0.1, 0.15) is 0 Å². The van der Waals surface area contributed by atoms with Gasteiger partial charge in [0, 0.05) is 31.9 Å². The lowest BCUT2D eigenvalue weighted by atomic mass is 10.1. The third-order valence-electron chi connectivity index (χ3n) is 5.34. The first-order valence-corrected chi connectivity index (χ1v) is 9.80. The summed E-state index contributed by atoms with van der Waals surface area (Å²) in [6.07, 6.45) is 4.45. The summed E-state index contributed by atoms with van der Waals surface area (Å²) in [6.45, 7) is 7.37. The number of likely N-dealkylation sites (tertiary alicyclic amines) is 1. The highest BCUT2D eigenvalue weighted by atomic mass is 16.5. The second-order valence-electron chi connectivity index (χ2n) is 7.10. The molecule has 27 heavy (non-hydrogen) atoms. The molecule has 0 unspecified atom stereocenters. The molecule has 1 aliphatic heterocycles. The van der Waals surface area contributed by atoms with Gasteiger partial charge in [-0.15, -0.1) is 0 Å². The van der Waals surface area contributed by atoms with E-state index in [4.69, 9.17) is 9.47 Å². The maximum atomic E-state index is 5.48. The molecule has 0 spiro atoms.